The Bertz CT molecular complexity index is 553. The fraction of sp³-hybridized carbons (Fsp3) is 0.867. The first-order chi connectivity index (χ1) is 11.3. The Morgan fingerprint density at radius 1 is 1.36 bits per heavy atom. The second-order valence-corrected chi connectivity index (χ2v) is 13.8. The van der Waals surface area contributed by atoms with E-state index in [-0.39, 0.29) is 16.8 Å². The third-order valence-electron chi connectivity index (χ3n) is 5.14. The molecule has 8 nitrogen and oxygen atoms in total. The summed E-state index contributed by atoms with van der Waals surface area (Å²) in [7, 11) is -0.633. The maximum atomic E-state index is 11.1. The first-order valence-electron chi connectivity index (χ1n) is 8.22. The van der Waals surface area contributed by atoms with Gasteiger partial charge < -0.3 is 24.5 Å². The van der Waals surface area contributed by atoms with Crippen molar-refractivity contribution >= 4 is 31.3 Å². The molecular weight excluding hydrogens is 364 g/mol. The van der Waals surface area contributed by atoms with Crippen molar-refractivity contribution in [1.82, 2.24) is 4.90 Å². The normalized spacial score (nSPS) is 33.0. The molecule has 10 heteroatoms. The number of rotatable bonds is 3. The maximum absolute atomic E-state index is 11.1. The van der Waals surface area contributed by atoms with E-state index in [0.29, 0.717) is 0 Å². The van der Waals surface area contributed by atoms with Crippen LogP contribution in [0.3, 0.4) is 0 Å². The molecular formula is C15H28N2O6SSi. The molecule has 5 atom stereocenters. The maximum Gasteiger partial charge on any atom is 0.413 e. The lowest BCUT2D eigenvalue weighted by molar-refractivity contribution is -0.162. The molecule has 1 amide bonds. The van der Waals surface area contributed by atoms with E-state index < -0.39 is 44.2 Å². The average molecular weight is 393 g/mol. The van der Waals surface area contributed by atoms with Crippen LogP contribution in [0.2, 0.25) is 18.1 Å². The number of aliphatic hydroxyl groups excluding tert-OH is 2. The van der Waals surface area contributed by atoms with Crippen LogP contribution in [0.15, 0.2) is 4.99 Å². The standard InChI is InChI=1S/C15H28N2O6SSi/c1-15(2,3)25(5,6)22-7-8-10(18)11(19)9-12(23-8)24-13(16-9)17(4)14(20)21/h8-12,18-19H,7H2,1-6H3,(H,20,21)/t8-,9-,10-,11-,12-/m1/s1. The van der Waals surface area contributed by atoms with Crippen LogP contribution in [0.1, 0.15) is 20.8 Å². The summed E-state index contributed by atoms with van der Waals surface area (Å²) >= 11 is 1.14. The highest BCUT2D eigenvalue weighted by Crippen LogP contribution is 2.39. The Kier molecular flexibility index (Phi) is 5.92. The molecule has 0 saturated carbocycles. The molecule has 1 saturated heterocycles. The van der Waals surface area contributed by atoms with Gasteiger partial charge in [-0.15, -0.1) is 0 Å². The molecule has 25 heavy (non-hydrogen) atoms. The lowest BCUT2D eigenvalue weighted by Gasteiger charge is -2.41. The van der Waals surface area contributed by atoms with Crippen molar-refractivity contribution < 1.29 is 29.3 Å². The SMILES string of the molecule is CN(C(=O)O)C1=N[C@@H]2[C@@H](O)[C@H](O)[C@@H](CO[Si](C)(C)C(C)(C)C)O[C@@H]2S1. The zero-order valence-corrected chi connectivity index (χ0v) is 17.3. The Hall–Kier alpha value is -0.653. The molecule has 2 aliphatic rings. The Labute approximate surface area is 153 Å². The lowest BCUT2D eigenvalue weighted by atomic mass is 9.99. The number of thioether (sulfide) groups is 1. The van der Waals surface area contributed by atoms with E-state index >= 15 is 0 Å². The van der Waals surface area contributed by atoms with Gasteiger partial charge in [0.15, 0.2) is 13.5 Å². The minimum absolute atomic E-state index is 0.0242. The summed E-state index contributed by atoms with van der Waals surface area (Å²) in [5, 5.41) is 30.1. The number of carboxylic acid groups (broad SMARTS) is 1. The quantitative estimate of drug-likeness (QED) is 0.625. The number of fused-ring (bicyclic) bond motifs is 1. The van der Waals surface area contributed by atoms with Gasteiger partial charge in [0, 0.05) is 7.05 Å². The van der Waals surface area contributed by atoms with Crippen LogP contribution in [0.5, 0.6) is 0 Å². The van der Waals surface area contributed by atoms with E-state index in [9.17, 15) is 15.0 Å². The number of nitrogens with zero attached hydrogens (tertiary/aromatic N) is 2. The van der Waals surface area contributed by atoms with Gasteiger partial charge in [-0.3, -0.25) is 9.89 Å². The van der Waals surface area contributed by atoms with E-state index in [1.807, 2.05) is 0 Å². The third kappa shape index (κ3) is 4.20. The number of hydrogen-bond acceptors (Lipinski definition) is 7. The summed E-state index contributed by atoms with van der Waals surface area (Å²) < 4.78 is 12.0. The minimum atomic E-state index is -2.01. The Morgan fingerprint density at radius 3 is 2.48 bits per heavy atom. The van der Waals surface area contributed by atoms with Gasteiger partial charge in [-0.2, -0.15) is 0 Å². The lowest BCUT2D eigenvalue weighted by Crippen LogP contribution is -2.57. The Morgan fingerprint density at radius 2 is 1.96 bits per heavy atom. The molecule has 0 aromatic carbocycles. The zero-order valence-electron chi connectivity index (χ0n) is 15.5. The minimum Gasteiger partial charge on any atom is -0.465 e. The van der Waals surface area contributed by atoms with Crippen molar-refractivity contribution in [2.75, 3.05) is 13.7 Å². The van der Waals surface area contributed by atoms with Crippen molar-refractivity contribution in [3.63, 3.8) is 0 Å². The van der Waals surface area contributed by atoms with Gasteiger partial charge in [-0.05, 0) is 18.1 Å². The second-order valence-electron chi connectivity index (χ2n) is 7.96. The predicted molar refractivity (Wildman–Crippen MR) is 98.4 cm³/mol. The molecule has 0 radical (unpaired) electrons. The fourth-order valence-corrected chi connectivity index (χ4v) is 4.51. The van der Waals surface area contributed by atoms with Gasteiger partial charge in [0.25, 0.3) is 0 Å². The smallest absolute Gasteiger partial charge is 0.413 e. The highest BCUT2D eigenvalue weighted by Gasteiger charge is 2.50. The number of aliphatic imine (C=N–C) groups is 1. The summed E-state index contributed by atoms with van der Waals surface area (Å²) in [5.41, 5.74) is -0.539. The van der Waals surface area contributed by atoms with Crippen LogP contribution in [0.25, 0.3) is 0 Å². The molecule has 2 rings (SSSR count). The van der Waals surface area contributed by atoms with Gasteiger partial charge in [0.05, 0.1) is 6.61 Å². The largest absolute Gasteiger partial charge is 0.465 e. The first kappa shape index (κ1) is 20.7. The van der Waals surface area contributed by atoms with Gasteiger partial charge in [-0.25, -0.2) is 4.79 Å². The predicted octanol–water partition coefficient (Wildman–Crippen LogP) is 1.54. The van der Waals surface area contributed by atoms with Gasteiger partial charge in [-0.1, -0.05) is 32.5 Å². The molecule has 2 aliphatic heterocycles. The highest BCUT2D eigenvalue weighted by molar-refractivity contribution is 8.14. The van der Waals surface area contributed by atoms with E-state index in [0.717, 1.165) is 16.7 Å². The topological polar surface area (TPSA) is 112 Å². The molecule has 2 heterocycles. The molecule has 0 aromatic heterocycles. The van der Waals surface area contributed by atoms with Crippen LogP contribution < -0.4 is 0 Å². The van der Waals surface area contributed by atoms with E-state index in [4.69, 9.17) is 14.3 Å². The third-order valence-corrected chi connectivity index (χ3v) is 10.9. The number of aliphatic hydroxyl groups is 2. The van der Waals surface area contributed by atoms with Crippen molar-refractivity contribution in [2.45, 2.75) is 68.7 Å². The van der Waals surface area contributed by atoms with E-state index in [1.165, 1.54) is 7.05 Å². The van der Waals surface area contributed by atoms with Crippen LogP contribution in [-0.2, 0) is 9.16 Å². The van der Waals surface area contributed by atoms with Crippen LogP contribution in [0, 0.1) is 0 Å². The molecule has 3 N–H and O–H groups in total. The van der Waals surface area contributed by atoms with Crippen molar-refractivity contribution in [3.8, 4) is 0 Å². The molecule has 0 bridgehead atoms. The molecule has 0 spiro atoms. The number of ether oxygens (including phenoxy) is 1. The Balaban J connectivity index is 2.04. The number of amidine groups is 1. The van der Waals surface area contributed by atoms with Crippen LogP contribution in [0.4, 0.5) is 4.79 Å². The van der Waals surface area contributed by atoms with Crippen molar-refractivity contribution in [1.29, 1.82) is 0 Å². The number of amides is 1. The van der Waals surface area contributed by atoms with Gasteiger partial charge >= 0.3 is 6.09 Å². The molecule has 0 aliphatic carbocycles. The van der Waals surface area contributed by atoms with Crippen LogP contribution >= 0.6 is 11.8 Å². The second kappa shape index (κ2) is 7.16. The molecule has 1 fully saturated rings. The van der Waals surface area contributed by atoms with Crippen molar-refractivity contribution in [3.05, 3.63) is 0 Å². The fourth-order valence-electron chi connectivity index (χ4n) is 2.31. The molecule has 0 aromatic rings. The average Bonchev–Trinajstić information content (AvgIpc) is 2.91. The zero-order chi connectivity index (χ0) is 19.2. The summed E-state index contributed by atoms with van der Waals surface area (Å²) in [4.78, 5) is 16.3. The molecule has 144 valence electrons. The monoisotopic (exact) mass is 392 g/mol. The van der Waals surface area contributed by atoms with Crippen molar-refractivity contribution in [2.24, 2.45) is 4.99 Å². The summed E-state index contributed by atoms with van der Waals surface area (Å²) in [6.45, 7) is 10.8. The highest BCUT2D eigenvalue weighted by atomic mass is 32.2. The first-order valence-corrected chi connectivity index (χ1v) is 12.0. The number of hydrogen-bond donors (Lipinski definition) is 3. The number of carbonyl (C=O) groups is 1. The summed E-state index contributed by atoms with van der Waals surface area (Å²) in [6, 6.07) is -0.694. The summed E-state index contributed by atoms with van der Waals surface area (Å²) in [5.74, 6) is 0. The van der Waals surface area contributed by atoms with E-state index in [2.05, 4.69) is 38.9 Å². The van der Waals surface area contributed by atoms with Crippen LogP contribution in [-0.4, -0.2) is 83.2 Å². The molecule has 0 unspecified atom stereocenters. The van der Waals surface area contributed by atoms with E-state index in [1.54, 1.807) is 0 Å². The van der Waals surface area contributed by atoms with Gasteiger partial charge in [0.2, 0.25) is 0 Å². The van der Waals surface area contributed by atoms with Gasteiger partial charge in [0.1, 0.15) is 29.8 Å². The summed E-state index contributed by atoms with van der Waals surface area (Å²) in [6.07, 6.45) is -4.08.